The van der Waals surface area contributed by atoms with Crippen LogP contribution >= 0.6 is 0 Å². The van der Waals surface area contributed by atoms with E-state index in [0.717, 1.165) is 64.1 Å². The summed E-state index contributed by atoms with van der Waals surface area (Å²) in [6.45, 7) is 6.69. The van der Waals surface area contributed by atoms with Crippen LogP contribution in [0.15, 0.2) is 30.3 Å². The van der Waals surface area contributed by atoms with Gasteiger partial charge in [0.2, 0.25) is 0 Å². The number of piperazine rings is 1. The van der Waals surface area contributed by atoms with Crippen LogP contribution in [0.25, 0.3) is 0 Å². The molecule has 0 spiro atoms. The molecule has 4 nitrogen and oxygen atoms in total. The molecule has 3 rings (SSSR count). The molecule has 2 fully saturated rings. The number of carbonyl (C=O) groups is 1. The predicted molar refractivity (Wildman–Crippen MR) is 93.7 cm³/mol. The van der Waals surface area contributed by atoms with Gasteiger partial charge in [-0.2, -0.15) is 0 Å². The summed E-state index contributed by atoms with van der Waals surface area (Å²) in [6, 6.07) is 10.2. The first kappa shape index (κ1) is 16.5. The van der Waals surface area contributed by atoms with Gasteiger partial charge < -0.3 is 14.7 Å². The molecule has 0 unspecified atom stereocenters. The highest BCUT2D eigenvalue weighted by Crippen LogP contribution is 2.22. The van der Waals surface area contributed by atoms with Crippen molar-refractivity contribution in [2.24, 2.45) is 0 Å². The largest absolute Gasteiger partial charge is 0.336 e. The maximum absolute atomic E-state index is 12.8. The van der Waals surface area contributed by atoms with E-state index >= 15 is 0 Å². The number of amides is 1. The lowest BCUT2D eigenvalue weighted by molar-refractivity contribution is 0.0570. The Kier molecular flexibility index (Phi) is 5.68. The molecule has 0 radical (unpaired) electrons. The second-order valence-electron chi connectivity index (χ2n) is 6.95. The average molecular weight is 315 g/mol. The molecule has 1 aromatic carbocycles. The summed E-state index contributed by atoms with van der Waals surface area (Å²) in [5.74, 6) is 0.216. The van der Waals surface area contributed by atoms with Crippen molar-refractivity contribution in [2.75, 3.05) is 46.3 Å². The van der Waals surface area contributed by atoms with Gasteiger partial charge in [0.15, 0.2) is 0 Å². The number of likely N-dealkylation sites (N-methyl/N-ethyl adjacent to an activating group) is 1. The number of nitrogens with zero attached hydrogens (tertiary/aromatic N) is 3. The molecule has 0 saturated carbocycles. The minimum Gasteiger partial charge on any atom is -0.336 e. The van der Waals surface area contributed by atoms with E-state index < -0.39 is 0 Å². The molecule has 126 valence electrons. The van der Waals surface area contributed by atoms with Crippen molar-refractivity contribution in [1.82, 2.24) is 14.7 Å². The zero-order chi connectivity index (χ0) is 16.1. The Morgan fingerprint density at radius 2 is 1.78 bits per heavy atom. The molecule has 2 heterocycles. The number of carbonyl (C=O) groups excluding carboxylic acids is 1. The van der Waals surface area contributed by atoms with E-state index in [1.807, 2.05) is 30.3 Å². The van der Waals surface area contributed by atoms with Crippen LogP contribution in [0.5, 0.6) is 0 Å². The van der Waals surface area contributed by atoms with Crippen molar-refractivity contribution in [1.29, 1.82) is 0 Å². The Morgan fingerprint density at radius 1 is 1.04 bits per heavy atom. The number of likely N-dealkylation sites (tertiary alicyclic amines) is 1. The van der Waals surface area contributed by atoms with Gasteiger partial charge in [0.1, 0.15) is 0 Å². The predicted octanol–water partition coefficient (Wildman–Crippen LogP) is 2.32. The number of piperidine rings is 1. The highest BCUT2D eigenvalue weighted by atomic mass is 16.2. The Morgan fingerprint density at radius 3 is 2.52 bits per heavy atom. The van der Waals surface area contributed by atoms with E-state index in [4.69, 9.17) is 0 Å². The Hall–Kier alpha value is -1.39. The quantitative estimate of drug-likeness (QED) is 0.853. The number of rotatable bonds is 4. The van der Waals surface area contributed by atoms with Gasteiger partial charge in [0, 0.05) is 50.9 Å². The summed E-state index contributed by atoms with van der Waals surface area (Å²) in [7, 11) is 2.19. The molecule has 2 aliphatic rings. The van der Waals surface area contributed by atoms with Gasteiger partial charge in [-0.15, -0.1) is 0 Å². The van der Waals surface area contributed by atoms with Crippen LogP contribution in [-0.2, 0) is 0 Å². The second-order valence-corrected chi connectivity index (χ2v) is 6.95. The molecule has 1 atom stereocenters. The molecule has 4 heteroatoms. The first-order valence-corrected chi connectivity index (χ1v) is 9.01. The standard InChI is InChI=1S/C19H29N3O/c1-20-13-15-21(16-14-20)12-10-18-9-5-6-11-22(18)19(23)17-7-3-2-4-8-17/h2-4,7-8,18H,5-6,9-16H2,1H3/t18-/m0/s1. The lowest BCUT2D eigenvalue weighted by Gasteiger charge is -2.38. The summed E-state index contributed by atoms with van der Waals surface area (Å²) in [5.41, 5.74) is 0.832. The molecule has 23 heavy (non-hydrogen) atoms. The van der Waals surface area contributed by atoms with Crippen molar-refractivity contribution in [3.05, 3.63) is 35.9 Å². The van der Waals surface area contributed by atoms with E-state index in [1.165, 1.54) is 6.42 Å². The molecule has 2 saturated heterocycles. The monoisotopic (exact) mass is 315 g/mol. The van der Waals surface area contributed by atoms with Crippen LogP contribution in [0.1, 0.15) is 36.0 Å². The summed E-state index contributed by atoms with van der Waals surface area (Å²) >= 11 is 0. The lowest BCUT2D eigenvalue weighted by atomic mass is 9.97. The Labute approximate surface area is 140 Å². The smallest absolute Gasteiger partial charge is 0.254 e. The minimum atomic E-state index is 0.216. The minimum absolute atomic E-state index is 0.216. The fourth-order valence-corrected chi connectivity index (χ4v) is 3.72. The van der Waals surface area contributed by atoms with Crippen LogP contribution in [0.3, 0.4) is 0 Å². The third kappa shape index (κ3) is 4.33. The van der Waals surface area contributed by atoms with E-state index in [-0.39, 0.29) is 5.91 Å². The molecule has 2 aliphatic heterocycles. The van der Waals surface area contributed by atoms with Crippen LogP contribution in [0.4, 0.5) is 0 Å². The van der Waals surface area contributed by atoms with Gasteiger partial charge in [-0.3, -0.25) is 4.79 Å². The molecule has 1 aromatic rings. The van der Waals surface area contributed by atoms with E-state index in [9.17, 15) is 4.79 Å². The van der Waals surface area contributed by atoms with Crippen LogP contribution < -0.4 is 0 Å². The Balaban J connectivity index is 1.57. The van der Waals surface area contributed by atoms with Crippen molar-refractivity contribution in [3.8, 4) is 0 Å². The SMILES string of the molecule is CN1CCN(CC[C@@H]2CCCCN2C(=O)c2ccccc2)CC1. The van der Waals surface area contributed by atoms with E-state index in [1.54, 1.807) is 0 Å². The number of hydrogen-bond acceptors (Lipinski definition) is 3. The molecular formula is C19H29N3O. The van der Waals surface area contributed by atoms with E-state index in [2.05, 4.69) is 21.7 Å². The van der Waals surface area contributed by atoms with Crippen LogP contribution in [-0.4, -0.2) is 73.0 Å². The maximum Gasteiger partial charge on any atom is 0.254 e. The molecule has 0 N–H and O–H groups in total. The topological polar surface area (TPSA) is 26.8 Å². The molecular weight excluding hydrogens is 286 g/mol. The van der Waals surface area contributed by atoms with Crippen molar-refractivity contribution >= 4 is 5.91 Å². The summed E-state index contributed by atoms with van der Waals surface area (Å²) < 4.78 is 0. The summed E-state index contributed by atoms with van der Waals surface area (Å²) in [5, 5.41) is 0. The maximum atomic E-state index is 12.8. The van der Waals surface area contributed by atoms with Crippen LogP contribution in [0.2, 0.25) is 0 Å². The third-order valence-corrected chi connectivity index (χ3v) is 5.28. The first-order chi connectivity index (χ1) is 11.2. The average Bonchev–Trinajstić information content (AvgIpc) is 2.62. The number of benzene rings is 1. The van der Waals surface area contributed by atoms with Crippen molar-refractivity contribution < 1.29 is 4.79 Å². The second kappa shape index (κ2) is 7.93. The van der Waals surface area contributed by atoms with Gasteiger partial charge >= 0.3 is 0 Å². The lowest BCUT2D eigenvalue weighted by Crippen LogP contribution is -2.48. The van der Waals surface area contributed by atoms with Crippen molar-refractivity contribution in [2.45, 2.75) is 31.7 Å². The van der Waals surface area contributed by atoms with E-state index in [0.29, 0.717) is 6.04 Å². The van der Waals surface area contributed by atoms with Gasteiger partial charge in [-0.05, 0) is 44.9 Å². The first-order valence-electron chi connectivity index (χ1n) is 9.01. The molecule has 1 amide bonds. The molecule has 0 bridgehead atoms. The fourth-order valence-electron chi connectivity index (χ4n) is 3.72. The normalized spacial score (nSPS) is 23.9. The molecule has 0 aliphatic carbocycles. The zero-order valence-corrected chi connectivity index (χ0v) is 14.3. The van der Waals surface area contributed by atoms with Crippen LogP contribution in [0, 0.1) is 0 Å². The highest BCUT2D eigenvalue weighted by molar-refractivity contribution is 5.94. The number of hydrogen-bond donors (Lipinski definition) is 0. The Bertz CT molecular complexity index is 497. The van der Waals surface area contributed by atoms with Gasteiger partial charge in [0.05, 0.1) is 0 Å². The highest BCUT2D eigenvalue weighted by Gasteiger charge is 2.27. The van der Waals surface area contributed by atoms with Crippen molar-refractivity contribution in [3.63, 3.8) is 0 Å². The molecule has 0 aromatic heterocycles. The van der Waals surface area contributed by atoms with Gasteiger partial charge in [-0.25, -0.2) is 0 Å². The summed E-state index contributed by atoms with van der Waals surface area (Å²) in [6.07, 6.45) is 4.67. The summed E-state index contributed by atoms with van der Waals surface area (Å²) in [4.78, 5) is 19.9. The fraction of sp³-hybridized carbons (Fsp3) is 0.632. The van der Waals surface area contributed by atoms with Gasteiger partial charge in [0.25, 0.3) is 5.91 Å². The third-order valence-electron chi connectivity index (χ3n) is 5.28. The zero-order valence-electron chi connectivity index (χ0n) is 14.3. The van der Waals surface area contributed by atoms with Gasteiger partial charge in [-0.1, -0.05) is 18.2 Å².